The highest BCUT2D eigenvalue weighted by atomic mass is 32.2. The number of sulfonamides is 1. The summed E-state index contributed by atoms with van der Waals surface area (Å²) in [5, 5.41) is 8.61. The van der Waals surface area contributed by atoms with E-state index in [0.717, 1.165) is 0 Å². The van der Waals surface area contributed by atoms with Crippen molar-refractivity contribution >= 4 is 15.9 Å². The van der Waals surface area contributed by atoms with E-state index in [-0.39, 0.29) is 24.5 Å². The molecule has 1 heterocycles. The van der Waals surface area contributed by atoms with Gasteiger partial charge in [-0.25, -0.2) is 13.1 Å². The summed E-state index contributed by atoms with van der Waals surface area (Å²) >= 11 is 0. The van der Waals surface area contributed by atoms with Gasteiger partial charge in [0.1, 0.15) is 4.90 Å². The number of primary amides is 1. The van der Waals surface area contributed by atoms with Crippen LogP contribution in [0.15, 0.2) is 23.4 Å². The Bertz CT molecular complexity index is 632. The zero-order valence-corrected chi connectivity index (χ0v) is 11.5. The molecule has 0 spiro atoms. The number of hydrogen-bond acceptors (Lipinski definition) is 5. The summed E-state index contributed by atoms with van der Waals surface area (Å²) < 4.78 is 26.1. The van der Waals surface area contributed by atoms with Crippen LogP contribution in [0.2, 0.25) is 0 Å². The molecule has 0 unspecified atom stereocenters. The fourth-order valence-corrected chi connectivity index (χ4v) is 2.27. The molecule has 0 fully saturated rings. The predicted molar refractivity (Wildman–Crippen MR) is 71.8 cm³/mol. The van der Waals surface area contributed by atoms with Gasteiger partial charge in [0.2, 0.25) is 15.9 Å². The molecule has 1 rings (SSSR count). The van der Waals surface area contributed by atoms with Crippen LogP contribution in [0.4, 0.5) is 0 Å². The Kier molecular flexibility index (Phi) is 6.11. The minimum absolute atomic E-state index is 0.0437. The van der Waals surface area contributed by atoms with Gasteiger partial charge in [-0.05, 0) is 6.07 Å². The molecule has 0 atom stereocenters. The second-order valence-corrected chi connectivity index (χ2v) is 5.57. The molecule has 7 nitrogen and oxygen atoms in total. The predicted octanol–water partition coefficient (Wildman–Crippen LogP) is -1.03. The number of aromatic nitrogens is 1. The molecule has 0 aromatic carbocycles. The van der Waals surface area contributed by atoms with Crippen molar-refractivity contribution in [1.29, 1.82) is 0 Å². The Morgan fingerprint density at radius 3 is 2.85 bits per heavy atom. The van der Waals surface area contributed by atoms with Crippen molar-refractivity contribution in [3.8, 4) is 11.8 Å². The minimum Gasteiger partial charge on any atom is -0.395 e. The average Bonchev–Trinajstić information content (AvgIpc) is 2.39. The van der Waals surface area contributed by atoms with Crippen LogP contribution < -0.4 is 10.5 Å². The number of amides is 1. The molecule has 0 aliphatic rings. The van der Waals surface area contributed by atoms with Crippen LogP contribution in [0.25, 0.3) is 0 Å². The molecule has 0 saturated carbocycles. The summed E-state index contributed by atoms with van der Waals surface area (Å²) in [7, 11) is -3.75. The van der Waals surface area contributed by atoms with E-state index in [9.17, 15) is 13.2 Å². The maximum atomic E-state index is 11.9. The van der Waals surface area contributed by atoms with Gasteiger partial charge in [0, 0.05) is 37.3 Å². The van der Waals surface area contributed by atoms with Gasteiger partial charge < -0.3 is 10.8 Å². The highest BCUT2D eigenvalue weighted by Gasteiger charge is 2.14. The third-order valence-corrected chi connectivity index (χ3v) is 3.58. The molecule has 1 aromatic rings. The van der Waals surface area contributed by atoms with Crippen molar-refractivity contribution in [3.63, 3.8) is 0 Å². The summed E-state index contributed by atoms with van der Waals surface area (Å²) in [5.41, 5.74) is 5.35. The van der Waals surface area contributed by atoms with E-state index in [2.05, 4.69) is 21.5 Å². The molecule has 4 N–H and O–H groups in total. The monoisotopic (exact) mass is 297 g/mol. The number of nitrogens with two attached hydrogens (primary N) is 1. The fourth-order valence-electron chi connectivity index (χ4n) is 1.25. The van der Waals surface area contributed by atoms with Crippen LogP contribution in [-0.2, 0) is 14.8 Å². The molecular weight excluding hydrogens is 282 g/mol. The molecule has 0 saturated heterocycles. The topological polar surface area (TPSA) is 122 Å². The number of hydrogen-bond donors (Lipinski definition) is 3. The molecule has 0 bridgehead atoms. The van der Waals surface area contributed by atoms with Gasteiger partial charge in [-0.2, -0.15) is 0 Å². The molecule has 8 heteroatoms. The number of aliphatic hydroxyl groups excluding tert-OH is 1. The lowest BCUT2D eigenvalue weighted by Gasteiger charge is -2.05. The van der Waals surface area contributed by atoms with Crippen LogP contribution >= 0.6 is 0 Å². The van der Waals surface area contributed by atoms with E-state index in [4.69, 9.17) is 10.8 Å². The smallest absolute Gasteiger partial charge is 0.242 e. The molecule has 1 amide bonds. The van der Waals surface area contributed by atoms with Crippen molar-refractivity contribution in [2.75, 3.05) is 13.2 Å². The molecule has 0 aliphatic heterocycles. The van der Waals surface area contributed by atoms with E-state index in [1.807, 2.05) is 0 Å². The van der Waals surface area contributed by atoms with Gasteiger partial charge in [-0.1, -0.05) is 11.8 Å². The highest BCUT2D eigenvalue weighted by molar-refractivity contribution is 7.89. The molecular formula is C12H15N3O4S. The molecule has 20 heavy (non-hydrogen) atoms. The van der Waals surface area contributed by atoms with Gasteiger partial charge in [0.15, 0.2) is 0 Å². The van der Waals surface area contributed by atoms with Crippen LogP contribution in [0, 0.1) is 11.8 Å². The van der Waals surface area contributed by atoms with Crippen molar-refractivity contribution in [3.05, 3.63) is 24.0 Å². The number of carbonyl (C=O) groups excluding carboxylic acids is 1. The summed E-state index contributed by atoms with van der Waals surface area (Å²) in [4.78, 5) is 14.3. The standard InChI is InChI=1S/C12H15N3O4S/c13-12(17)4-5-15-20(18,19)11-7-10(8-14-9-11)3-1-2-6-16/h7-9,15-16H,2,4-6H2,(H2,13,17). The first-order chi connectivity index (χ1) is 9.45. The SMILES string of the molecule is NC(=O)CCNS(=O)(=O)c1cncc(C#CCCO)c1. The van der Waals surface area contributed by atoms with Crippen molar-refractivity contribution in [2.45, 2.75) is 17.7 Å². The molecule has 0 aliphatic carbocycles. The molecule has 1 aromatic heterocycles. The summed E-state index contributed by atoms with van der Waals surface area (Å²) in [5.74, 6) is 4.78. The number of nitrogens with one attached hydrogen (secondary N) is 1. The maximum Gasteiger partial charge on any atom is 0.242 e. The number of aliphatic hydroxyl groups is 1. The number of rotatable bonds is 6. The zero-order valence-electron chi connectivity index (χ0n) is 10.7. The van der Waals surface area contributed by atoms with Gasteiger partial charge in [-0.15, -0.1) is 0 Å². The quantitative estimate of drug-likeness (QED) is 0.579. The summed E-state index contributed by atoms with van der Waals surface area (Å²) in [6.07, 6.45) is 2.83. The van der Waals surface area contributed by atoms with Crippen molar-refractivity contribution < 1.29 is 18.3 Å². The Labute approximate surface area is 117 Å². The van der Waals surface area contributed by atoms with Crippen LogP contribution in [0.3, 0.4) is 0 Å². The first-order valence-corrected chi connectivity index (χ1v) is 7.27. The van der Waals surface area contributed by atoms with E-state index in [1.165, 1.54) is 18.5 Å². The number of nitrogens with zero attached hydrogens (tertiary/aromatic N) is 1. The Balaban J connectivity index is 2.83. The normalized spacial score (nSPS) is 10.7. The van der Waals surface area contributed by atoms with Crippen LogP contribution in [0.5, 0.6) is 0 Å². The highest BCUT2D eigenvalue weighted by Crippen LogP contribution is 2.08. The van der Waals surface area contributed by atoms with Crippen molar-refractivity contribution in [1.82, 2.24) is 9.71 Å². The zero-order chi connectivity index (χ0) is 15.0. The third-order valence-electron chi connectivity index (χ3n) is 2.16. The lowest BCUT2D eigenvalue weighted by atomic mass is 10.3. The third kappa shape index (κ3) is 5.36. The van der Waals surface area contributed by atoms with Gasteiger partial charge in [0.25, 0.3) is 0 Å². The van der Waals surface area contributed by atoms with Gasteiger partial charge in [0.05, 0.1) is 6.61 Å². The Morgan fingerprint density at radius 1 is 1.45 bits per heavy atom. The molecule has 108 valence electrons. The lowest BCUT2D eigenvalue weighted by molar-refractivity contribution is -0.117. The second kappa shape index (κ2) is 7.59. The summed E-state index contributed by atoms with van der Waals surface area (Å²) in [6.45, 7) is -0.134. The van der Waals surface area contributed by atoms with E-state index >= 15 is 0 Å². The lowest BCUT2D eigenvalue weighted by Crippen LogP contribution is -2.28. The fraction of sp³-hybridized carbons (Fsp3) is 0.333. The number of carbonyl (C=O) groups is 1. The first-order valence-electron chi connectivity index (χ1n) is 5.78. The maximum absolute atomic E-state index is 11.9. The van der Waals surface area contributed by atoms with Gasteiger partial charge in [-0.3, -0.25) is 9.78 Å². The second-order valence-electron chi connectivity index (χ2n) is 3.80. The Hall–Kier alpha value is -1.95. The van der Waals surface area contributed by atoms with Crippen LogP contribution in [0.1, 0.15) is 18.4 Å². The van der Waals surface area contributed by atoms with Gasteiger partial charge >= 0.3 is 0 Å². The van der Waals surface area contributed by atoms with Crippen molar-refractivity contribution in [2.24, 2.45) is 5.73 Å². The van der Waals surface area contributed by atoms with Crippen LogP contribution in [-0.4, -0.2) is 37.6 Å². The van der Waals surface area contributed by atoms with E-state index in [1.54, 1.807) is 0 Å². The minimum atomic E-state index is -3.75. The van der Waals surface area contributed by atoms with E-state index < -0.39 is 15.9 Å². The largest absolute Gasteiger partial charge is 0.395 e. The average molecular weight is 297 g/mol. The van der Waals surface area contributed by atoms with E-state index in [0.29, 0.717) is 12.0 Å². The first kappa shape index (κ1) is 16.1. The number of pyridine rings is 1. The summed E-state index contributed by atoms with van der Waals surface area (Å²) in [6, 6.07) is 1.37. The Morgan fingerprint density at radius 2 is 2.20 bits per heavy atom. The molecule has 0 radical (unpaired) electrons.